The number of nitrogens with two attached hydrogens (primary N) is 1. The average Bonchev–Trinajstić information content (AvgIpc) is 3.04. The molecular weight excluding hydrogens is 292 g/mol. The number of aryl methyl sites for hydroxylation is 1. The molecule has 1 fully saturated rings. The molecule has 2 unspecified atom stereocenters. The van der Waals surface area contributed by atoms with E-state index in [0.717, 1.165) is 17.5 Å². The Balaban J connectivity index is 2.25. The van der Waals surface area contributed by atoms with Crippen LogP contribution in [0.15, 0.2) is 23.1 Å². The van der Waals surface area contributed by atoms with Crippen LogP contribution < -0.4 is 5.73 Å². The maximum atomic E-state index is 12.5. The van der Waals surface area contributed by atoms with E-state index in [1.165, 1.54) is 4.31 Å². The summed E-state index contributed by atoms with van der Waals surface area (Å²) in [6, 6.07) is 4.89. The minimum absolute atomic E-state index is 0.284. The Morgan fingerprint density at radius 1 is 1.50 bits per heavy atom. The third-order valence-electron chi connectivity index (χ3n) is 3.94. The molecule has 0 aromatic heterocycles. The molecule has 0 aliphatic heterocycles. The van der Waals surface area contributed by atoms with E-state index >= 15 is 0 Å². The third kappa shape index (κ3) is 3.02. The van der Waals surface area contributed by atoms with Crippen LogP contribution in [0.3, 0.4) is 0 Å². The zero-order chi connectivity index (χ0) is 15.1. The summed E-state index contributed by atoms with van der Waals surface area (Å²) in [5.41, 5.74) is 7.10. The van der Waals surface area contributed by atoms with Gasteiger partial charge in [0.05, 0.1) is 4.90 Å². The second kappa shape index (κ2) is 5.42. The van der Waals surface area contributed by atoms with Gasteiger partial charge in [0, 0.05) is 19.2 Å². The van der Waals surface area contributed by atoms with Crippen molar-refractivity contribution in [3.63, 3.8) is 0 Å². The van der Waals surface area contributed by atoms with Gasteiger partial charge in [-0.1, -0.05) is 25.2 Å². The van der Waals surface area contributed by atoms with Crippen molar-refractivity contribution in [2.24, 2.45) is 17.6 Å². The first-order chi connectivity index (χ1) is 9.23. The molecule has 1 aliphatic rings. The van der Waals surface area contributed by atoms with Crippen LogP contribution in [0.5, 0.6) is 0 Å². The normalized spacial score (nSPS) is 22.0. The summed E-state index contributed by atoms with van der Waals surface area (Å²) < 4.78 is 26.4. The van der Waals surface area contributed by atoms with Gasteiger partial charge in [-0.3, -0.25) is 0 Å². The third-order valence-corrected chi connectivity index (χ3v) is 5.98. The molecule has 1 aliphatic carbocycles. The predicted molar refractivity (Wildman–Crippen MR) is 84.2 cm³/mol. The molecule has 0 bridgehead atoms. The molecular formula is C14H20N2O2S2. The van der Waals surface area contributed by atoms with Crippen LogP contribution in [0.4, 0.5) is 0 Å². The number of hydrogen-bond donors (Lipinski definition) is 1. The van der Waals surface area contributed by atoms with Crippen molar-refractivity contribution in [3.8, 4) is 0 Å². The van der Waals surface area contributed by atoms with Gasteiger partial charge < -0.3 is 5.73 Å². The van der Waals surface area contributed by atoms with Crippen molar-refractivity contribution >= 4 is 27.2 Å². The zero-order valence-corrected chi connectivity index (χ0v) is 13.6. The highest BCUT2D eigenvalue weighted by Crippen LogP contribution is 2.38. The summed E-state index contributed by atoms with van der Waals surface area (Å²) in [5, 5.41) is 0. The number of hydrogen-bond acceptors (Lipinski definition) is 3. The predicted octanol–water partition coefficient (Wildman–Crippen LogP) is 1.91. The van der Waals surface area contributed by atoms with Gasteiger partial charge in [0.1, 0.15) is 4.99 Å². The van der Waals surface area contributed by atoms with Crippen molar-refractivity contribution in [1.82, 2.24) is 4.31 Å². The smallest absolute Gasteiger partial charge is 0.242 e. The Labute approximate surface area is 126 Å². The molecule has 6 heteroatoms. The van der Waals surface area contributed by atoms with E-state index in [9.17, 15) is 8.42 Å². The van der Waals surface area contributed by atoms with Crippen molar-refractivity contribution in [2.45, 2.75) is 25.2 Å². The summed E-state index contributed by atoms with van der Waals surface area (Å²) in [6.07, 6.45) is 1.11. The van der Waals surface area contributed by atoms with Crippen LogP contribution in [0.25, 0.3) is 0 Å². The molecule has 0 radical (unpaired) electrons. The standard InChI is InChI=1S/C14H20N2O2S2/c1-9-6-11(9)8-16(3)20(17,18)12-4-5-13(14(15)19)10(2)7-12/h4-5,7,9,11H,6,8H2,1-3H3,(H2,15,19). The van der Waals surface area contributed by atoms with E-state index in [1.54, 1.807) is 25.2 Å². The lowest BCUT2D eigenvalue weighted by Crippen LogP contribution is -2.29. The minimum atomic E-state index is -3.43. The molecule has 2 atom stereocenters. The molecule has 0 amide bonds. The molecule has 1 aromatic rings. The molecule has 1 aromatic carbocycles. The summed E-state index contributed by atoms with van der Waals surface area (Å²) >= 11 is 4.93. The molecule has 0 saturated heterocycles. The van der Waals surface area contributed by atoms with Crippen LogP contribution in [-0.2, 0) is 10.0 Å². The van der Waals surface area contributed by atoms with Gasteiger partial charge in [0.2, 0.25) is 10.0 Å². The van der Waals surface area contributed by atoms with Crippen molar-refractivity contribution < 1.29 is 8.42 Å². The van der Waals surface area contributed by atoms with E-state index in [4.69, 9.17) is 18.0 Å². The fourth-order valence-corrected chi connectivity index (χ4v) is 3.88. The maximum absolute atomic E-state index is 12.5. The van der Waals surface area contributed by atoms with Gasteiger partial charge in [-0.2, -0.15) is 0 Å². The Morgan fingerprint density at radius 2 is 2.10 bits per heavy atom. The monoisotopic (exact) mass is 312 g/mol. The molecule has 4 nitrogen and oxygen atoms in total. The lowest BCUT2D eigenvalue weighted by molar-refractivity contribution is 0.444. The highest BCUT2D eigenvalue weighted by atomic mass is 32.2. The number of rotatable bonds is 5. The summed E-state index contributed by atoms with van der Waals surface area (Å²) in [7, 11) is -1.80. The number of benzene rings is 1. The number of sulfonamides is 1. The fourth-order valence-electron chi connectivity index (χ4n) is 2.33. The van der Waals surface area contributed by atoms with Gasteiger partial charge in [0.15, 0.2) is 0 Å². The van der Waals surface area contributed by atoms with Crippen LogP contribution in [-0.4, -0.2) is 31.3 Å². The molecule has 20 heavy (non-hydrogen) atoms. The molecule has 0 spiro atoms. The summed E-state index contributed by atoms with van der Waals surface area (Å²) in [5.74, 6) is 1.12. The number of thiocarbonyl (C=S) groups is 1. The fraction of sp³-hybridized carbons (Fsp3) is 0.500. The molecule has 0 heterocycles. The van der Waals surface area contributed by atoms with Crippen LogP contribution >= 0.6 is 12.2 Å². The van der Waals surface area contributed by atoms with Crippen molar-refractivity contribution in [3.05, 3.63) is 29.3 Å². The quantitative estimate of drug-likeness (QED) is 0.844. The van der Waals surface area contributed by atoms with Crippen LogP contribution in [0, 0.1) is 18.8 Å². The Kier molecular flexibility index (Phi) is 4.18. The molecule has 2 rings (SSSR count). The second-order valence-electron chi connectivity index (χ2n) is 5.60. The van der Waals surface area contributed by atoms with Gasteiger partial charge in [-0.15, -0.1) is 0 Å². The van der Waals surface area contributed by atoms with E-state index < -0.39 is 10.0 Å². The maximum Gasteiger partial charge on any atom is 0.242 e. The zero-order valence-electron chi connectivity index (χ0n) is 12.0. The highest BCUT2D eigenvalue weighted by molar-refractivity contribution is 7.89. The van der Waals surface area contributed by atoms with E-state index in [-0.39, 0.29) is 4.99 Å². The van der Waals surface area contributed by atoms with Crippen molar-refractivity contribution in [2.75, 3.05) is 13.6 Å². The largest absolute Gasteiger partial charge is 0.389 e. The highest BCUT2D eigenvalue weighted by Gasteiger charge is 2.36. The molecule has 110 valence electrons. The minimum Gasteiger partial charge on any atom is -0.389 e. The summed E-state index contributed by atoms with van der Waals surface area (Å²) in [4.78, 5) is 0.581. The summed E-state index contributed by atoms with van der Waals surface area (Å²) in [6.45, 7) is 4.54. The lowest BCUT2D eigenvalue weighted by Gasteiger charge is -2.18. The van der Waals surface area contributed by atoms with Crippen molar-refractivity contribution in [1.29, 1.82) is 0 Å². The SMILES string of the molecule is Cc1cc(S(=O)(=O)N(C)CC2CC2C)ccc1C(N)=S. The van der Waals surface area contributed by atoms with Gasteiger partial charge in [-0.05, 0) is 42.9 Å². The first-order valence-corrected chi connectivity index (χ1v) is 8.45. The topological polar surface area (TPSA) is 63.4 Å². The lowest BCUT2D eigenvalue weighted by atomic mass is 10.1. The van der Waals surface area contributed by atoms with Gasteiger partial charge in [0.25, 0.3) is 0 Å². The first kappa shape index (κ1) is 15.4. The van der Waals surface area contributed by atoms with E-state index in [0.29, 0.717) is 23.3 Å². The Bertz CT molecular complexity index is 641. The van der Waals surface area contributed by atoms with Crippen LogP contribution in [0.1, 0.15) is 24.5 Å². The van der Waals surface area contributed by atoms with Crippen LogP contribution in [0.2, 0.25) is 0 Å². The first-order valence-electron chi connectivity index (χ1n) is 6.60. The number of nitrogens with zero attached hydrogens (tertiary/aromatic N) is 1. The van der Waals surface area contributed by atoms with E-state index in [2.05, 4.69) is 6.92 Å². The molecule has 2 N–H and O–H groups in total. The Hall–Kier alpha value is -0.980. The van der Waals surface area contributed by atoms with Gasteiger partial charge >= 0.3 is 0 Å². The van der Waals surface area contributed by atoms with E-state index in [1.807, 2.05) is 6.92 Å². The van der Waals surface area contributed by atoms with Gasteiger partial charge in [-0.25, -0.2) is 12.7 Å². The second-order valence-corrected chi connectivity index (χ2v) is 8.08. The average molecular weight is 312 g/mol. The Morgan fingerprint density at radius 3 is 2.55 bits per heavy atom. The molecule has 1 saturated carbocycles.